The van der Waals surface area contributed by atoms with Crippen LogP contribution in [0.15, 0.2) is 47.4 Å². The number of hydrogen-bond donors (Lipinski definition) is 0. The fourth-order valence-electron chi connectivity index (χ4n) is 2.72. The normalized spacial score (nSPS) is 23.7. The molecule has 2 aromatic rings. The number of carbonyl (C=O) groups is 1. The summed E-state index contributed by atoms with van der Waals surface area (Å²) in [5.74, 6) is -0.223. The van der Waals surface area contributed by atoms with Crippen molar-refractivity contribution in [2.75, 3.05) is 0 Å². The summed E-state index contributed by atoms with van der Waals surface area (Å²) in [6, 6.07) is 3.13. The van der Waals surface area contributed by atoms with Crippen molar-refractivity contribution in [1.29, 1.82) is 0 Å². The molecule has 2 atom stereocenters. The van der Waals surface area contributed by atoms with Gasteiger partial charge >= 0.3 is 0 Å². The van der Waals surface area contributed by atoms with Crippen LogP contribution in [0.2, 0.25) is 0 Å². The largest absolute Gasteiger partial charge is 0.290 e. The minimum atomic E-state index is -0.318. The minimum Gasteiger partial charge on any atom is -0.290 e. The van der Waals surface area contributed by atoms with E-state index in [0.29, 0.717) is 11.0 Å². The molecule has 19 heavy (non-hydrogen) atoms. The summed E-state index contributed by atoms with van der Waals surface area (Å²) in [6.07, 6.45) is 8.93. The minimum absolute atomic E-state index is 0.116. The zero-order valence-corrected chi connectivity index (χ0v) is 9.85. The average molecular weight is 251 g/mol. The van der Waals surface area contributed by atoms with Crippen molar-refractivity contribution in [1.82, 2.24) is 14.5 Å². The Morgan fingerprint density at radius 1 is 1.16 bits per heavy atom. The van der Waals surface area contributed by atoms with E-state index in [1.165, 1.54) is 4.57 Å². The quantitative estimate of drug-likeness (QED) is 0.707. The Balaban J connectivity index is 2.12. The maximum atomic E-state index is 12.5. The van der Waals surface area contributed by atoms with Crippen LogP contribution in [0.3, 0.4) is 0 Å². The molecule has 0 radical (unpaired) electrons. The van der Waals surface area contributed by atoms with Crippen LogP contribution in [0, 0.1) is 5.92 Å². The molecule has 4 rings (SSSR count). The van der Waals surface area contributed by atoms with Crippen LogP contribution in [0.25, 0.3) is 11.0 Å². The van der Waals surface area contributed by atoms with E-state index in [2.05, 4.69) is 9.97 Å². The first-order valence-electron chi connectivity index (χ1n) is 6.04. The lowest BCUT2D eigenvalue weighted by Gasteiger charge is -2.15. The van der Waals surface area contributed by atoms with E-state index in [0.717, 1.165) is 0 Å². The SMILES string of the molecule is O=C1c2nc3ncccc3c(=O)n2C2C=CC=CC12. The Morgan fingerprint density at radius 2 is 2.00 bits per heavy atom. The third-order valence-electron chi connectivity index (χ3n) is 3.60. The summed E-state index contributed by atoms with van der Waals surface area (Å²) in [5.41, 5.74) is 0.132. The van der Waals surface area contributed by atoms with Crippen LogP contribution in [-0.4, -0.2) is 20.3 Å². The first-order chi connectivity index (χ1) is 9.27. The molecule has 2 aromatic heterocycles. The van der Waals surface area contributed by atoms with Crippen LogP contribution in [0.5, 0.6) is 0 Å². The van der Waals surface area contributed by atoms with Crippen LogP contribution in [0.1, 0.15) is 16.7 Å². The zero-order valence-electron chi connectivity index (χ0n) is 9.85. The van der Waals surface area contributed by atoms with E-state index in [9.17, 15) is 9.59 Å². The van der Waals surface area contributed by atoms with Gasteiger partial charge in [0.1, 0.15) is 0 Å². The molecule has 0 aromatic carbocycles. The smallest absolute Gasteiger partial charge is 0.263 e. The molecule has 0 saturated heterocycles. The van der Waals surface area contributed by atoms with Gasteiger partial charge < -0.3 is 0 Å². The number of nitrogens with zero attached hydrogens (tertiary/aromatic N) is 3. The molecule has 0 fully saturated rings. The van der Waals surface area contributed by atoms with E-state index in [-0.39, 0.29) is 29.1 Å². The Labute approximate surface area is 107 Å². The van der Waals surface area contributed by atoms with Crippen molar-refractivity contribution in [3.8, 4) is 0 Å². The van der Waals surface area contributed by atoms with Crippen molar-refractivity contribution in [3.63, 3.8) is 0 Å². The van der Waals surface area contributed by atoms with Crippen molar-refractivity contribution < 1.29 is 4.79 Å². The van der Waals surface area contributed by atoms with Crippen LogP contribution in [-0.2, 0) is 0 Å². The van der Waals surface area contributed by atoms with Gasteiger partial charge in [-0.3, -0.25) is 14.2 Å². The molecule has 1 aliphatic heterocycles. The lowest BCUT2D eigenvalue weighted by Crippen LogP contribution is -2.25. The molecule has 0 bridgehead atoms. The predicted octanol–water partition coefficient (Wildman–Crippen LogP) is 1.27. The molecular formula is C14H9N3O2. The average Bonchev–Trinajstić information content (AvgIpc) is 2.74. The number of carbonyl (C=O) groups excluding carboxylic acids is 1. The maximum Gasteiger partial charge on any atom is 0.263 e. The van der Waals surface area contributed by atoms with Gasteiger partial charge in [-0.1, -0.05) is 24.3 Å². The topological polar surface area (TPSA) is 64.8 Å². The number of pyridine rings is 1. The Hall–Kier alpha value is -2.56. The summed E-state index contributed by atoms with van der Waals surface area (Å²) in [4.78, 5) is 33.1. The Morgan fingerprint density at radius 3 is 2.89 bits per heavy atom. The Kier molecular flexibility index (Phi) is 1.90. The molecule has 3 heterocycles. The van der Waals surface area contributed by atoms with Gasteiger partial charge in [0.15, 0.2) is 11.5 Å². The molecule has 5 heteroatoms. The van der Waals surface area contributed by atoms with Gasteiger partial charge in [0.25, 0.3) is 5.56 Å². The third-order valence-corrected chi connectivity index (χ3v) is 3.60. The van der Waals surface area contributed by atoms with Crippen molar-refractivity contribution in [3.05, 3.63) is 58.8 Å². The lowest BCUT2D eigenvalue weighted by molar-refractivity contribution is 0.0951. The van der Waals surface area contributed by atoms with Gasteiger partial charge in [-0.25, -0.2) is 9.97 Å². The summed E-state index contributed by atoms with van der Waals surface area (Å²) in [5, 5.41) is 0.447. The maximum absolute atomic E-state index is 12.5. The number of Topliss-reactive ketones (excluding diaryl/α,β-unsaturated/α-hetero) is 1. The molecule has 5 nitrogen and oxygen atoms in total. The zero-order chi connectivity index (χ0) is 13.0. The van der Waals surface area contributed by atoms with E-state index in [1.807, 2.05) is 24.3 Å². The van der Waals surface area contributed by atoms with Gasteiger partial charge in [-0.2, -0.15) is 0 Å². The molecule has 0 N–H and O–H groups in total. The van der Waals surface area contributed by atoms with Crippen LogP contribution < -0.4 is 5.56 Å². The highest BCUT2D eigenvalue weighted by atomic mass is 16.1. The number of ketones is 1. The van der Waals surface area contributed by atoms with Crippen LogP contribution in [0.4, 0.5) is 0 Å². The van der Waals surface area contributed by atoms with E-state index < -0.39 is 0 Å². The van der Waals surface area contributed by atoms with Gasteiger partial charge in [0, 0.05) is 6.20 Å². The monoisotopic (exact) mass is 251 g/mol. The highest BCUT2D eigenvalue weighted by molar-refractivity contribution is 6.00. The van der Waals surface area contributed by atoms with Crippen molar-refractivity contribution in [2.24, 2.45) is 5.92 Å². The number of rotatable bonds is 0. The van der Waals surface area contributed by atoms with E-state index >= 15 is 0 Å². The molecular weight excluding hydrogens is 242 g/mol. The number of aromatic nitrogens is 3. The van der Waals surface area contributed by atoms with E-state index in [1.54, 1.807) is 18.3 Å². The summed E-state index contributed by atoms with van der Waals surface area (Å²) < 4.78 is 1.48. The highest BCUT2D eigenvalue weighted by Gasteiger charge is 2.40. The summed E-state index contributed by atoms with van der Waals surface area (Å²) in [7, 11) is 0. The molecule has 0 amide bonds. The fraction of sp³-hybridized carbons (Fsp3) is 0.143. The molecule has 92 valence electrons. The van der Waals surface area contributed by atoms with E-state index in [4.69, 9.17) is 0 Å². The lowest BCUT2D eigenvalue weighted by atomic mass is 9.94. The number of allylic oxidation sites excluding steroid dienone is 4. The molecule has 0 saturated carbocycles. The van der Waals surface area contributed by atoms with Crippen molar-refractivity contribution in [2.45, 2.75) is 6.04 Å². The van der Waals surface area contributed by atoms with Gasteiger partial charge in [0.2, 0.25) is 5.78 Å². The molecule has 2 unspecified atom stereocenters. The van der Waals surface area contributed by atoms with Gasteiger partial charge in [0.05, 0.1) is 17.3 Å². The molecule has 2 aliphatic rings. The number of hydrogen-bond acceptors (Lipinski definition) is 4. The number of fused-ring (bicyclic) bond motifs is 4. The second-order valence-electron chi connectivity index (χ2n) is 4.64. The predicted molar refractivity (Wildman–Crippen MR) is 68.9 cm³/mol. The summed E-state index contributed by atoms with van der Waals surface area (Å²) in [6.45, 7) is 0. The van der Waals surface area contributed by atoms with Gasteiger partial charge in [-0.15, -0.1) is 0 Å². The first-order valence-corrected chi connectivity index (χ1v) is 6.04. The van der Waals surface area contributed by atoms with Crippen molar-refractivity contribution >= 4 is 16.8 Å². The van der Waals surface area contributed by atoms with Gasteiger partial charge in [-0.05, 0) is 12.1 Å². The Bertz CT molecular complexity index is 832. The fourth-order valence-corrected chi connectivity index (χ4v) is 2.72. The van der Waals surface area contributed by atoms with Crippen LogP contribution >= 0.6 is 0 Å². The second kappa shape index (κ2) is 3.47. The first kappa shape index (κ1) is 10.4. The molecule has 0 spiro atoms. The summed E-state index contributed by atoms with van der Waals surface area (Å²) >= 11 is 0. The third kappa shape index (κ3) is 1.24. The molecule has 1 aliphatic carbocycles. The standard InChI is InChI=1S/C14H9N3O2/c18-11-8-4-1-2-6-10(8)17-13(11)16-12-9(14(17)19)5-3-7-15-12/h1-8,10H. The highest BCUT2D eigenvalue weighted by Crippen LogP contribution is 2.33. The second-order valence-corrected chi connectivity index (χ2v) is 4.64.